The number of carbonyl (C=O) groups excluding carboxylic acids is 2. The Morgan fingerprint density at radius 3 is 2.67 bits per heavy atom. The van der Waals surface area contributed by atoms with Crippen molar-refractivity contribution in [2.45, 2.75) is 32.9 Å². The van der Waals surface area contributed by atoms with Crippen LogP contribution >= 0.6 is 11.3 Å². The van der Waals surface area contributed by atoms with Crippen molar-refractivity contribution >= 4 is 28.5 Å². The molecule has 2 rings (SSSR count). The van der Waals surface area contributed by atoms with Crippen molar-refractivity contribution in [3.63, 3.8) is 0 Å². The smallest absolute Gasteiger partial charge is 0.408 e. The SMILES string of the molecule is CC[C@H](C)[C@@H](NC(=O)OCc1ccccc1)C(=O)Nc1nccs1. The average Bonchev–Trinajstić information content (AvgIpc) is 3.11. The van der Waals surface area contributed by atoms with Crippen LogP contribution in [0.1, 0.15) is 25.8 Å². The van der Waals surface area contributed by atoms with Gasteiger partial charge in [-0.05, 0) is 11.5 Å². The molecule has 1 aromatic carbocycles. The van der Waals surface area contributed by atoms with Crippen LogP contribution in [0.25, 0.3) is 0 Å². The van der Waals surface area contributed by atoms with Crippen molar-refractivity contribution < 1.29 is 14.3 Å². The van der Waals surface area contributed by atoms with Gasteiger partial charge in [0.1, 0.15) is 12.6 Å². The first-order valence-electron chi connectivity index (χ1n) is 7.77. The van der Waals surface area contributed by atoms with Crippen LogP contribution in [0.2, 0.25) is 0 Å². The predicted octanol–water partition coefficient (Wildman–Crippen LogP) is 3.42. The molecular formula is C17H21N3O3S. The second-order valence-electron chi connectivity index (χ2n) is 5.40. The molecule has 2 amide bonds. The van der Waals surface area contributed by atoms with Crippen molar-refractivity contribution in [2.75, 3.05) is 5.32 Å². The van der Waals surface area contributed by atoms with Gasteiger partial charge in [0.05, 0.1) is 0 Å². The Morgan fingerprint density at radius 1 is 1.29 bits per heavy atom. The van der Waals surface area contributed by atoms with Crippen LogP contribution in [-0.4, -0.2) is 23.0 Å². The molecule has 1 heterocycles. The summed E-state index contributed by atoms with van der Waals surface area (Å²) in [5.41, 5.74) is 0.889. The minimum atomic E-state index is -0.679. The van der Waals surface area contributed by atoms with Crippen molar-refractivity contribution in [3.05, 3.63) is 47.5 Å². The Kier molecular flexibility index (Phi) is 6.74. The fraction of sp³-hybridized carbons (Fsp3) is 0.353. The number of nitrogens with zero attached hydrogens (tertiary/aromatic N) is 1. The quantitative estimate of drug-likeness (QED) is 0.804. The van der Waals surface area contributed by atoms with Crippen LogP contribution in [0.5, 0.6) is 0 Å². The maximum Gasteiger partial charge on any atom is 0.408 e. The summed E-state index contributed by atoms with van der Waals surface area (Å²) in [5, 5.41) is 7.65. The van der Waals surface area contributed by atoms with Gasteiger partial charge in [0, 0.05) is 11.6 Å². The Hall–Kier alpha value is -2.41. The van der Waals surface area contributed by atoms with Gasteiger partial charge in [-0.15, -0.1) is 11.3 Å². The molecule has 0 aliphatic heterocycles. The van der Waals surface area contributed by atoms with Crippen LogP contribution in [0.3, 0.4) is 0 Å². The van der Waals surface area contributed by atoms with E-state index in [0.29, 0.717) is 5.13 Å². The monoisotopic (exact) mass is 347 g/mol. The van der Waals surface area contributed by atoms with Gasteiger partial charge in [-0.25, -0.2) is 9.78 Å². The highest BCUT2D eigenvalue weighted by Crippen LogP contribution is 2.14. The normalized spacial score (nSPS) is 12.9. The minimum absolute atomic E-state index is 0.0331. The van der Waals surface area contributed by atoms with Crippen LogP contribution < -0.4 is 10.6 Å². The summed E-state index contributed by atoms with van der Waals surface area (Å²) in [6.45, 7) is 4.03. The Balaban J connectivity index is 1.92. The molecule has 0 radical (unpaired) electrons. The van der Waals surface area contributed by atoms with Crippen molar-refractivity contribution in [1.29, 1.82) is 0 Å². The topological polar surface area (TPSA) is 80.3 Å². The van der Waals surface area contributed by atoms with E-state index in [1.807, 2.05) is 44.2 Å². The number of hydrogen-bond donors (Lipinski definition) is 2. The Labute approximate surface area is 145 Å². The molecule has 0 bridgehead atoms. The van der Waals surface area contributed by atoms with Gasteiger partial charge in [0.2, 0.25) is 5.91 Å². The third-order valence-electron chi connectivity index (χ3n) is 3.64. The van der Waals surface area contributed by atoms with Gasteiger partial charge in [-0.3, -0.25) is 4.79 Å². The fourth-order valence-electron chi connectivity index (χ4n) is 2.06. The molecule has 0 fully saturated rings. The number of thiazole rings is 1. The van der Waals surface area contributed by atoms with E-state index in [9.17, 15) is 9.59 Å². The standard InChI is InChI=1S/C17H21N3O3S/c1-3-12(2)14(15(21)20-16-18-9-10-24-16)19-17(22)23-11-13-7-5-4-6-8-13/h4-10,12,14H,3,11H2,1-2H3,(H,19,22)(H,18,20,21)/t12-,14+/m0/s1. The van der Waals surface area contributed by atoms with E-state index < -0.39 is 12.1 Å². The molecule has 2 aromatic rings. The van der Waals surface area contributed by atoms with Crippen molar-refractivity contribution in [3.8, 4) is 0 Å². The number of amides is 2. The maximum absolute atomic E-state index is 12.4. The molecule has 0 unspecified atom stereocenters. The first-order chi connectivity index (χ1) is 11.6. The third-order valence-corrected chi connectivity index (χ3v) is 4.33. The van der Waals surface area contributed by atoms with Crippen molar-refractivity contribution in [2.24, 2.45) is 5.92 Å². The van der Waals surface area contributed by atoms with E-state index >= 15 is 0 Å². The number of hydrogen-bond acceptors (Lipinski definition) is 5. The van der Waals surface area contributed by atoms with Gasteiger partial charge in [0.15, 0.2) is 5.13 Å². The lowest BCUT2D eigenvalue weighted by molar-refractivity contribution is -0.119. The summed E-state index contributed by atoms with van der Waals surface area (Å²) in [6.07, 6.45) is 1.74. The lowest BCUT2D eigenvalue weighted by Crippen LogP contribution is -2.47. The molecule has 2 N–H and O–H groups in total. The number of benzene rings is 1. The van der Waals surface area contributed by atoms with Crippen molar-refractivity contribution in [1.82, 2.24) is 10.3 Å². The third kappa shape index (κ3) is 5.34. The molecule has 128 valence electrons. The van der Waals surface area contributed by atoms with Gasteiger partial charge < -0.3 is 15.4 Å². The number of ether oxygens (including phenoxy) is 1. The van der Waals surface area contributed by atoms with E-state index in [1.165, 1.54) is 11.3 Å². The summed E-state index contributed by atoms with van der Waals surface area (Å²) in [7, 11) is 0. The van der Waals surface area contributed by atoms with E-state index in [-0.39, 0.29) is 18.4 Å². The zero-order chi connectivity index (χ0) is 17.4. The average molecular weight is 347 g/mol. The molecule has 0 aliphatic rings. The lowest BCUT2D eigenvalue weighted by atomic mass is 9.98. The van der Waals surface area contributed by atoms with Crippen LogP contribution in [0.4, 0.5) is 9.93 Å². The number of alkyl carbamates (subject to hydrolysis) is 1. The van der Waals surface area contributed by atoms with Gasteiger partial charge >= 0.3 is 6.09 Å². The van der Waals surface area contributed by atoms with E-state index in [4.69, 9.17) is 4.74 Å². The number of nitrogens with one attached hydrogen (secondary N) is 2. The summed E-state index contributed by atoms with van der Waals surface area (Å²) < 4.78 is 5.20. The summed E-state index contributed by atoms with van der Waals surface area (Å²) in [6, 6.07) is 8.71. The zero-order valence-electron chi connectivity index (χ0n) is 13.7. The Bertz CT molecular complexity index is 646. The molecule has 1 aromatic heterocycles. The van der Waals surface area contributed by atoms with Gasteiger partial charge in [0.25, 0.3) is 0 Å². The highest BCUT2D eigenvalue weighted by atomic mass is 32.1. The van der Waals surface area contributed by atoms with Gasteiger partial charge in [-0.1, -0.05) is 50.6 Å². The molecule has 7 heteroatoms. The summed E-state index contributed by atoms with van der Waals surface area (Å²) in [4.78, 5) is 28.5. The molecule has 6 nitrogen and oxygen atoms in total. The molecule has 0 saturated carbocycles. The largest absolute Gasteiger partial charge is 0.445 e. The van der Waals surface area contributed by atoms with Crippen LogP contribution in [0.15, 0.2) is 41.9 Å². The summed E-state index contributed by atoms with van der Waals surface area (Å²) in [5.74, 6) is -0.329. The van der Waals surface area contributed by atoms with E-state index in [2.05, 4.69) is 15.6 Å². The highest BCUT2D eigenvalue weighted by molar-refractivity contribution is 7.13. The number of aromatic nitrogens is 1. The molecule has 2 atom stereocenters. The first kappa shape index (κ1) is 17.9. The summed E-state index contributed by atoms with van der Waals surface area (Å²) >= 11 is 1.33. The molecular weight excluding hydrogens is 326 g/mol. The Morgan fingerprint density at radius 2 is 2.04 bits per heavy atom. The molecule has 0 saturated heterocycles. The maximum atomic E-state index is 12.4. The highest BCUT2D eigenvalue weighted by Gasteiger charge is 2.27. The number of rotatable bonds is 7. The lowest BCUT2D eigenvalue weighted by Gasteiger charge is -2.22. The van der Waals surface area contributed by atoms with Crippen LogP contribution in [0, 0.1) is 5.92 Å². The minimum Gasteiger partial charge on any atom is -0.445 e. The number of anilines is 1. The molecule has 0 spiro atoms. The molecule has 0 aliphatic carbocycles. The first-order valence-corrected chi connectivity index (χ1v) is 8.65. The van der Waals surface area contributed by atoms with Crippen LogP contribution in [-0.2, 0) is 16.1 Å². The molecule has 24 heavy (non-hydrogen) atoms. The predicted molar refractivity (Wildman–Crippen MR) is 93.7 cm³/mol. The zero-order valence-corrected chi connectivity index (χ0v) is 14.5. The van der Waals surface area contributed by atoms with E-state index in [0.717, 1.165) is 12.0 Å². The second kappa shape index (κ2) is 9.02. The second-order valence-corrected chi connectivity index (χ2v) is 6.29. The fourth-order valence-corrected chi connectivity index (χ4v) is 2.59. The number of carbonyl (C=O) groups is 2. The van der Waals surface area contributed by atoms with E-state index in [1.54, 1.807) is 11.6 Å². The van der Waals surface area contributed by atoms with Gasteiger partial charge in [-0.2, -0.15) is 0 Å².